The van der Waals surface area contributed by atoms with E-state index in [1.54, 1.807) is 0 Å². The Bertz CT molecular complexity index is 348. The fourth-order valence-electron chi connectivity index (χ4n) is 3.58. The lowest BCUT2D eigenvalue weighted by Crippen LogP contribution is -2.43. The van der Waals surface area contributed by atoms with E-state index in [-0.39, 0.29) is 5.97 Å². The van der Waals surface area contributed by atoms with Crippen molar-refractivity contribution in [3.63, 3.8) is 0 Å². The van der Waals surface area contributed by atoms with Crippen LogP contribution in [0.15, 0.2) is 12.7 Å². The van der Waals surface area contributed by atoms with Gasteiger partial charge < -0.3 is 14.2 Å². The molecular weight excluding hydrogens is 328 g/mol. The molecule has 0 aromatic carbocycles. The van der Waals surface area contributed by atoms with Gasteiger partial charge in [0.15, 0.2) is 5.79 Å². The van der Waals surface area contributed by atoms with Gasteiger partial charge in [0.1, 0.15) is 0 Å². The molecule has 0 saturated carbocycles. The zero-order valence-electron chi connectivity index (χ0n) is 17.7. The molecule has 0 heterocycles. The van der Waals surface area contributed by atoms with E-state index >= 15 is 0 Å². The zero-order valence-corrected chi connectivity index (χ0v) is 17.7. The second kappa shape index (κ2) is 16.3. The van der Waals surface area contributed by atoms with Crippen LogP contribution in [0.1, 0.15) is 91.9 Å². The lowest BCUT2D eigenvalue weighted by Gasteiger charge is -2.40. The van der Waals surface area contributed by atoms with Crippen molar-refractivity contribution in [3.8, 4) is 0 Å². The van der Waals surface area contributed by atoms with Crippen LogP contribution in [-0.2, 0) is 19.0 Å². The van der Waals surface area contributed by atoms with Gasteiger partial charge in [0.05, 0.1) is 6.61 Å². The van der Waals surface area contributed by atoms with Crippen molar-refractivity contribution >= 4 is 5.97 Å². The number of carbonyl (C=O) groups excluding carboxylic acids is 1. The van der Waals surface area contributed by atoms with Gasteiger partial charge in [-0.25, -0.2) is 4.79 Å². The second-order valence-electron chi connectivity index (χ2n) is 6.80. The van der Waals surface area contributed by atoms with E-state index in [4.69, 9.17) is 14.2 Å². The molecule has 0 rings (SSSR count). The van der Waals surface area contributed by atoms with Gasteiger partial charge in [-0.15, -0.1) is 0 Å². The molecule has 0 aromatic rings. The van der Waals surface area contributed by atoms with Crippen molar-refractivity contribution < 1.29 is 19.0 Å². The summed E-state index contributed by atoms with van der Waals surface area (Å²) in [5.41, 5.74) is 0. The van der Waals surface area contributed by atoms with Crippen molar-refractivity contribution in [2.45, 2.75) is 97.7 Å². The molecule has 0 amide bonds. The van der Waals surface area contributed by atoms with Crippen molar-refractivity contribution in [3.05, 3.63) is 12.7 Å². The topological polar surface area (TPSA) is 44.8 Å². The van der Waals surface area contributed by atoms with Crippen molar-refractivity contribution in [1.29, 1.82) is 0 Å². The Kier molecular flexibility index (Phi) is 15.8. The van der Waals surface area contributed by atoms with Crippen LogP contribution >= 0.6 is 0 Å². The van der Waals surface area contributed by atoms with E-state index in [9.17, 15) is 4.79 Å². The first-order chi connectivity index (χ1) is 12.6. The Morgan fingerprint density at radius 2 is 1.50 bits per heavy atom. The van der Waals surface area contributed by atoms with Crippen LogP contribution in [0.2, 0.25) is 0 Å². The Morgan fingerprint density at radius 3 is 2.04 bits per heavy atom. The molecular formula is C22H42O4. The molecule has 0 saturated heterocycles. The van der Waals surface area contributed by atoms with E-state index in [0.29, 0.717) is 25.7 Å². The number of esters is 1. The summed E-state index contributed by atoms with van der Waals surface area (Å²) >= 11 is 0. The average molecular weight is 371 g/mol. The molecule has 1 atom stereocenters. The highest BCUT2D eigenvalue weighted by atomic mass is 16.7. The number of carbonyl (C=O) groups is 1. The number of rotatable bonds is 18. The molecule has 0 fully saturated rings. The summed E-state index contributed by atoms with van der Waals surface area (Å²) < 4.78 is 17.4. The lowest BCUT2D eigenvalue weighted by atomic mass is 9.86. The second-order valence-corrected chi connectivity index (χ2v) is 6.80. The smallest absolute Gasteiger partial charge is 0.330 e. The fourth-order valence-corrected chi connectivity index (χ4v) is 3.58. The standard InChI is InChI=1S/C22H42O4/c1-6-11-12-13-14-15-17-20(18-16-19-24-21(23)7-2)22(8-3,25-9-4)26-10-5/h7,20H,2,6,8-19H2,1,3-5H3. The third kappa shape index (κ3) is 10.3. The van der Waals surface area contributed by atoms with Crippen LogP contribution in [0.4, 0.5) is 0 Å². The van der Waals surface area contributed by atoms with Crippen LogP contribution in [0.3, 0.4) is 0 Å². The molecule has 4 nitrogen and oxygen atoms in total. The Hall–Kier alpha value is -0.870. The average Bonchev–Trinajstić information content (AvgIpc) is 2.65. The summed E-state index contributed by atoms with van der Waals surface area (Å²) in [4.78, 5) is 11.2. The summed E-state index contributed by atoms with van der Waals surface area (Å²) in [5.74, 6) is -0.551. The maximum atomic E-state index is 11.2. The van der Waals surface area contributed by atoms with Gasteiger partial charge in [-0.1, -0.05) is 59.0 Å². The van der Waals surface area contributed by atoms with Crippen LogP contribution in [-0.4, -0.2) is 31.6 Å². The summed E-state index contributed by atoms with van der Waals surface area (Å²) in [6, 6.07) is 0. The first-order valence-electron chi connectivity index (χ1n) is 10.7. The molecule has 1 unspecified atom stereocenters. The Balaban J connectivity index is 4.71. The van der Waals surface area contributed by atoms with E-state index in [0.717, 1.165) is 25.7 Å². The quantitative estimate of drug-likeness (QED) is 0.128. The highest BCUT2D eigenvalue weighted by Gasteiger charge is 2.38. The molecule has 0 aromatic heterocycles. The maximum absolute atomic E-state index is 11.2. The predicted octanol–water partition coefficient (Wildman–Crippen LogP) is 6.04. The van der Waals surface area contributed by atoms with Crippen LogP contribution in [0, 0.1) is 5.92 Å². The van der Waals surface area contributed by atoms with Gasteiger partial charge >= 0.3 is 5.97 Å². The SMILES string of the molecule is C=CC(=O)OCCCC(CCCCCCCC)C(CC)(OCC)OCC. The molecule has 154 valence electrons. The lowest BCUT2D eigenvalue weighted by molar-refractivity contribution is -0.268. The Morgan fingerprint density at radius 1 is 0.923 bits per heavy atom. The van der Waals surface area contributed by atoms with Crippen molar-refractivity contribution in [2.24, 2.45) is 5.92 Å². The molecule has 0 radical (unpaired) electrons. The molecule has 0 bridgehead atoms. The molecule has 4 heteroatoms. The van der Waals surface area contributed by atoms with Crippen molar-refractivity contribution in [1.82, 2.24) is 0 Å². The summed E-state index contributed by atoms with van der Waals surface area (Å²) in [6.07, 6.45) is 12.6. The Labute approximate surface area is 161 Å². The largest absolute Gasteiger partial charge is 0.463 e. The number of hydrogen-bond acceptors (Lipinski definition) is 4. The third-order valence-corrected chi connectivity index (χ3v) is 4.91. The third-order valence-electron chi connectivity index (χ3n) is 4.91. The highest BCUT2D eigenvalue weighted by molar-refractivity contribution is 5.81. The van der Waals surface area contributed by atoms with Gasteiger partial charge in [0.2, 0.25) is 0 Å². The van der Waals surface area contributed by atoms with E-state index in [1.807, 2.05) is 13.8 Å². The minimum atomic E-state index is -0.518. The van der Waals surface area contributed by atoms with E-state index < -0.39 is 5.79 Å². The van der Waals surface area contributed by atoms with Crippen LogP contribution in [0.5, 0.6) is 0 Å². The maximum Gasteiger partial charge on any atom is 0.330 e. The van der Waals surface area contributed by atoms with Crippen LogP contribution < -0.4 is 0 Å². The predicted molar refractivity (Wildman–Crippen MR) is 108 cm³/mol. The molecule has 0 spiro atoms. The molecule has 26 heavy (non-hydrogen) atoms. The molecule has 0 N–H and O–H groups in total. The van der Waals surface area contributed by atoms with Crippen molar-refractivity contribution in [2.75, 3.05) is 19.8 Å². The fraction of sp³-hybridized carbons (Fsp3) is 0.864. The molecule has 0 aliphatic heterocycles. The van der Waals surface area contributed by atoms with Gasteiger partial charge in [-0.05, 0) is 39.5 Å². The molecule has 0 aliphatic carbocycles. The number of unbranched alkanes of at least 4 members (excludes halogenated alkanes) is 5. The minimum Gasteiger partial charge on any atom is -0.463 e. The first-order valence-corrected chi connectivity index (χ1v) is 10.7. The minimum absolute atomic E-state index is 0.320. The van der Waals surface area contributed by atoms with Gasteiger partial charge in [0.25, 0.3) is 0 Å². The zero-order chi connectivity index (χ0) is 19.7. The summed E-state index contributed by atoms with van der Waals surface area (Å²) in [6.45, 7) is 13.6. The van der Waals surface area contributed by atoms with Crippen LogP contribution in [0.25, 0.3) is 0 Å². The highest BCUT2D eigenvalue weighted by Crippen LogP contribution is 2.35. The van der Waals surface area contributed by atoms with Gasteiger partial charge in [-0.2, -0.15) is 0 Å². The normalized spacial score (nSPS) is 12.8. The number of hydrogen-bond donors (Lipinski definition) is 0. The first kappa shape index (κ1) is 25.1. The summed E-state index contributed by atoms with van der Waals surface area (Å²) in [7, 11) is 0. The van der Waals surface area contributed by atoms with Gasteiger partial charge in [-0.3, -0.25) is 0 Å². The molecule has 0 aliphatic rings. The summed E-state index contributed by atoms with van der Waals surface area (Å²) in [5, 5.41) is 0. The van der Waals surface area contributed by atoms with Gasteiger partial charge in [0, 0.05) is 25.2 Å². The number of ether oxygens (including phenoxy) is 3. The monoisotopic (exact) mass is 370 g/mol. The van der Waals surface area contributed by atoms with E-state index in [1.165, 1.54) is 44.6 Å². The van der Waals surface area contributed by atoms with E-state index in [2.05, 4.69) is 20.4 Å².